The van der Waals surface area contributed by atoms with Crippen LogP contribution in [-0.4, -0.2) is 41.2 Å². The molecule has 2 atom stereocenters. The molecule has 3 rings (SSSR count). The maximum Gasteiger partial charge on any atom is 0.243 e. The summed E-state index contributed by atoms with van der Waals surface area (Å²) in [6.07, 6.45) is 3.74. The molecular weight excluding hydrogens is 342 g/mol. The summed E-state index contributed by atoms with van der Waals surface area (Å²) in [7, 11) is 1.86. The van der Waals surface area contributed by atoms with E-state index >= 15 is 0 Å². The number of nitrogens with zero attached hydrogens (tertiary/aromatic N) is 2. The van der Waals surface area contributed by atoms with E-state index in [1.165, 1.54) is 0 Å². The highest BCUT2D eigenvalue weighted by molar-refractivity contribution is 5.96. The van der Waals surface area contributed by atoms with E-state index < -0.39 is 0 Å². The molecule has 0 aliphatic carbocycles. The first-order valence-electron chi connectivity index (χ1n) is 9.20. The maximum atomic E-state index is 12.6. The molecule has 1 aromatic heterocycles. The number of aryl methyl sites for hydroxylation is 4. The van der Waals surface area contributed by atoms with Gasteiger partial charge >= 0.3 is 0 Å². The summed E-state index contributed by atoms with van der Waals surface area (Å²) in [6, 6.07) is 4.06. The normalized spacial score (nSPS) is 19.1. The van der Waals surface area contributed by atoms with Gasteiger partial charge in [-0.3, -0.25) is 14.3 Å². The molecule has 0 radical (unpaired) electrons. The average Bonchev–Trinajstić information content (AvgIpc) is 3.24. The standard InChI is InChI=1S/C20H27N5O2/c1-12-5-13(2)19(14(3)6-12)24-18(26)10-22-20(27)17-9-21-8-16(17)15-7-23-25(4)11-15/h5-7,11,16-17,21H,8-10H2,1-4H3,(H,22,27)(H,24,26)/t16-,17+/m1/s1. The molecule has 7 nitrogen and oxygen atoms in total. The summed E-state index contributed by atoms with van der Waals surface area (Å²) >= 11 is 0. The van der Waals surface area contributed by atoms with Crippen molar-refractivity contribution in [3.8, 4) is 0 Å². The molecule has 0 saturated carbocycles. The Morgan fingerprint density at radius 2 is 1.93 bits per heavy atom. The molecule has 0 spiro atoms. The summed E-state index contributed by atoms with van der Waals surface area (Å²) in [6.45, 7) is 7.26. The zero-order valence-electron chi connectivity index (χ0n) is 16.3. The molecule has 1 aromatic carbocycles. The molecule has 2 aromatic rings. The van der Waals surface area contributed by atoms with Gasteiger partial charge in [0.1, 0.15) is 0 Å². The molecule has 1 fully saturated rings. The number of hydrogen-bond acceptors (Lipinski definition) is 4. The molecule has 3 N–H and O–H groups in total. The van der Waals surface area contributed by atoms with Crippen molar-refractivity contribution in [2.75, 3.05) is 25.0 Å². The lowest BCUT2D eigenvalue weighted by Crippen LogP contribution is -2.39. The second kappa shape index (κ2) is 7.92. The summed E-state index contributed by atoms with van der Waals surface area (Å²) < 4.78 is 1.74. The topological polar surface area (TPSA) is 88.1 Å². The van der Waals surface area contributed by atoms with E-state index in [2.05, 4.69) is 21.0 Å². The average molecular weight is 369 g/mol. The minimum atomic E-state index is -0.220. The lowest BCUT2D eigenvalue weighted by molar-refractivity contribution is -0.127. The first-order valence-corrected chi connectivity index (χ1v) is 9.20. The Labute approximate surface area is 159 Å². The van der Waals surface area contributed by atoms with E-state index in [0.717, 1.165) is 34.5 Å². The number of carbonyl (C=O) groups excluding carboxylic acids is 2. The van der Waals surface area contributed by atoms with Crippen molar-refractivity contribution in [3.63, 3.8) is 0 Å². The molecule has 1 saturated heterocycles. The van der Waals surface area contributed by atoms with Crippen LogP contribution < -0.4 is 16.0 Å². The van der Waals surface area contributed by atoms with Gasteiger partial charge in [-0.15, -0.1) is 0 Å². The second-order valence-electron chi connectivity index (χ2n) is 7.36. The summed E-state index contributed by atoms with van der Waals surface area (Å²) in [4.78, 5) is 24.9. The monoisotopic (exact) mass is 369 g/mol. The minimum absolute atomic E-state index is 0.0398. The van der Waals surface area contributed by atoms with Crippen LogP contribution in [-0.2, 0) is 16.6 Å². The van der Waals surface area contributed by atoms with E-state index in [0.29, 0.717) is 6.54 Å². The molecule has 0 bridgehead atoms. The van der Waals surface area contributed by atoms with Crippen LogP contribution in [0.25, 0.3) is 0 Å². The second-order valence-corrected chi connectivity index (χ2v) is 7.36. The van der Waals surface area contributed by atoms with Gasteiger partial charge in [0.05, 0.1) is 18.7 Å². The Balaban J connectivity index is 1.58. The van der Waals surface area contributed by atoms with Crippen LogP contribution in [0.1, 0.15) is 28.2 Å². The van der Waals surface area contributed by atoms with Gasteiger partial charge in [-0.1, -0.05) is 17.7 Å². The van der Waals surface area contributed by atoms with Crippen molar-refractivity contribution in [2.24, 2.45) is 13.0 Å². The minimum Gasteiger partial charge on any atom is -0.347 e. The number of carbonyl (C=O) groups is 2. The number of rotatable bonds is 5. The van der Waals surface area contributed by atoms with Crippen LogP contribution in [0.2, 0.25) is 0 Å². The van der Waals surface area contributed by atoms with Crippen LogP contribution >= 0.6 is 0 Å². The van der Waals surface area contributed by atoms with E-state index in [1.807, 2.05) is 46.1 Å². The summed E-state index contributed by atoms with van der Waals surface area (Å²) in [5.41, 5.74) is 5.05. The van der Waals surface area contributed by atoms with Crippen LogP contribution in [0.15, 0.2) is 24.5 Å². The van der Waals surface area contributed by atoms with Crippen LogP contribution in [0, 0.1) is 26.7 Å². The number of benzene rings is 1. The molecule has 2 heterocycles. The lowest BCUT2D eigenvalue weighted by Gasteiger charge is -2.17. The molecule has 0 unspecified atom stereocenters. The van der Waals surface area contributed by atoms with Crippen molar-refractivity contribution in [1.82, 2.24) is 20.4 Å². The fourth-order valence-electron chi connectivity index (χ4n) is 3.80. The fraction of sp³-hybridized carbons (Fsp3) is 0.450. The van der Waals surface area contributed by atoms with Gasteiger partial charge in [0.25, 0.3) is 0 Å². The van der Waals surface area contributed by atoms with Crippen molar-refractivity contribution >= 4 is 17.5 Å². The highest BCUT2D eigenvalue weighted by atomic mass is 16.2. The van der Waals surface area contributed by atoms with Crippen molar-refractivity contribution in [2.45, 2.75) is 26.7 Å². The zero-order valence-corrected chi connectivity index (χ0v) is 16.3. The maximum absolute atomic E-state index is 12.6. The number of aromatic nitrogens is 2. The number of anilines is 1. The highest BCUT2D eigenvalue weighted by Crippen LogP contribution is 2.28. The van der Waals surface area contributed by atoms with Crippen molar-refractivity contribution in [3.05, 3.63) is 46.8 Å². The summed E-state index contributed by atoms with van der Waals surface area (Å²) in [5, 5.41) is 13.2. The van der Waals surface area contributed by atoms with Crippen LogP contribution in [0.5, 0.6) is 0 Å². The zero-order chi connectivity index (χ0) is 19.6. The predicted octanol–water partition coefficient (Wildman–Crippen LogP) is 1.40. The molecule has 2 amide bonds. The van der Waals surface area contributed by atoms with Gasteiger partial charge in [0.15, 0.2) is 0 Å². The molecule has 144 valence electrons. The Morgan fingerprint density at radius 1 is 1.22 bits per heavy atom. The molecule has 27 heavy (non-hydrogen) atoms. The Bertz CT molecular complexity index is 835. The van der Waals surface area contributed by atoms with Gasteiger partial charge in [-0.2, -0.15) is 5.10 Å². The SMILES string of the molecule is Cc1cc(C)c(NC(=O)CNC(=O)[C@H]2CNC[C@@H]2c2cnn(C)c2)c(C)c1. The van der Waals surface area contributed by atoms with E-state index in [9.17, 15) is 9.59 Å². The van der Waals surface area contributed by atoms with Gasteiger partial charge in [0.2, 0.25) is 11.8 Å². The number of nitrogens with one attached hydrogen (secondary N) is 3. The smallest absolute Gasteiger partial charge is 0.243 e. The molecular formula is C20H27N5O2. The van der Waals surface area contributed by atoms with E-state index in [4.69, 9.17) is 0 Å². The summed E-state index contributed by atoms with van der Waals surface area (Å²) in [5.74, 6) is -0.461. The fourth-order valence-corrected chi connectivity index (χ4v) is 3.80. The van der Waals surface area contributed by atoms with Crippen LogP contribution in [0.3, 0.4) is 0 Å². The van der Waals surface area contributed by atoms with Crippen molar-refractivity contribution in [1.29, 1.82) is 0 Å². The molecule has 7 heteroatoms. The largest absolute Gasteiger partial charge is 0.347 e. The van der Waals surface area contributed by atoms with E-state index in [1.54, 1.807) is 10.9 Å². The van der Waals surface area contributed by atoms with Crippen molar-refractivity contribution < 1.29 is 9.59 Å². The quantitative estimate of drug-likeness (QED) is 0.743. The first kappa shape index (κ1) is 19.1. The Hall–Kier alpha value is -2.67. The third-order valence-electron chi connectivity index (χ3n) is 5.07. The third-order valence-corrected chi connectivity index (χ3v) is 5.07. The Morgan fingerprint density at radius 3 is 2.56 bits per heavy atom. The first-order chi connectivity index (χ1) is 12.8. The molecule has 1 aliphatic rings. The number of hydrogen-bond donors (Lipinski definition) is 3. The van der Waals surface area contributed by atoms with Crippen LogP contribution in [0.4, 0.5) is 5.69 Å². The Kier molecular flexibility index (Phi) is 5.60. The van der Waals surface area contributed by atoms with Gasteiger partial charge < -0.3 is 16.0 Å². The van der Waals surface area contributed by atoms with E-state index in [-0.39, 0.29) is 30.2 Å². The lowest BCUT2D eigenvalue weighted by atomic mass is 9.90. The predicted molar refractivity (Wildman–Crippen MR) is 105 cm³/mol. The van der Waals surface area contributed by atoms with Gasteiger partial charge in [-0.05, 0) is 37.5 Å². The van der Waals surface area contributed by atoms with Gasteiger partial charge in [0, 0.05) is 37.9 Å². The number of amides is 2. The van der Waals surface area contributed by atoms with Gasteiger partial charge in [-0.25, -0.2) is 0 Å². The molecule has 1 aliphatic heterocycles. The highest BCUT2D eigenvalue weighted by Gasteiger charge is 2.34. The third kappa shape index (κ3) is 4.36.